The van der Waals surface area contributed by atoms with E-state index in [2.05, 4.69) is 55.8 Å². The fourth-order valence-electron chi connectivity index (χ4n) is 1.75. The first kappa shape index (κ1) is 10.9. The van der Waals surface area contributed by atoms with Crippen LogP contribution >= 0.6 is 22.9 Å². The van der Waals surface area contributed by atoms with E-state index in [-0.39, 0.29) is 6.04 Å². The van der Waals surface area contributed by atoms with Crippen LogP contribution in [0.25, 0.3) is 10.9 Å². The van der Waals surface area contributed by atoms with Crippen LogP contribution in [-0.4, -0.2) is 17.6 Å². The van der Waals surface area contributed by atoms with Crippen molar-refractivity contribution in [3.05, 3.63) is 36.0 Å². The zero-order chi connectivity index (χ0) is 10.7. The molecule has 1 heterocycles. The zero-order valence-corrected chi connectivity index (χ0v) is 10.5. The van der Waals surface area contributed by atoms with E-state index in [1.807, 2.05) is 6.07 Å². The highest BCUT2D eigenvalue weighted by molar-refractivity contribution is 14.1. The Kier molecular flexibility index (Phi) is 3.61. The lowest BCUT2D eigenvalue weighted by Crippen LogP contribution is -2.31. The lowest BCUT2D eigenvalue weighted by Gasteiger charge is -2.08. The molecule has 1 aromatic carbocycles. The molecule has 0 spiro atoms. The minimum absolute atomic E-state index is 0.168. The highest BCUT2D eigenvalue weighted by Crippen LogP contribution is 2.18. The number of hydrogen-bond donors (Lipinski definition) is 3. The van der Waals surface area contributed by atoms with Gasteiger partial charge in [-0.2, -0.15) is 0 Å². The molecule has 0 saturated carbocycles. The monoisotopic (exact) mass is 315 g/mol. The van der Waals surface area contributed by atoms with Crippen molar-refractivity contribution in [1.82, 2.24) is 8.51 Å². The molecule has 0 amide bonds. The third-order valence-corrected chi connectivity index (χ3v) is 2.94. The molecule has 80 valence electrons. The Hall–Kier alpha value is -0.590. The summed E-state index contributed by atoms with van der Waals surface area (Å²) in [5.41, 5.74) is 8.46. The minimum Gasteiger partial charge on any atom is -0.361 e. The second kappa shape index (κ2) is 4.96. The number of benzene rings is 1. The molecule has 0 radical (unpaired) electrons. The molecule has 1 unspecified atom stereocenters. The van der Waals surface area contributed by atoms with Crippen molar-refractivity contribution in [2.24, 2.45) is 5.73 Å². The van der Waals surface area contributed by atoms with E-state index in [0.717, 1.165) is 13.0 Å². The van der Waals surface area contributed by atoms with Crippen LogP contribution in [0.1, 0.15) is 5.56 Å². The van der Waals surface area contributed by atoms with Gasteiger partial charge in [0, 0.05) is 52.6 Å². The Morgan fingerprint density at radius 3 is 3.00 bits per heavy atom. The molecule has 0 aliphatic heterocycles. The van der Waals surface area contributed by atoms with Gasteiger partial charge >= 0.3 is 0 Å². The number of fused-ring (bicyclic) bond motifs is 1. The molecule has 2 aromatic rings. The van der Waals surface area contributed by atoms with Crippen molar-refractivity contribution >= 4 is 33.8 Å². The van der Waals surface area contributed by atoms with E-state index in [1.165, 1.54) is 16.5 Å². The molecule has 0 aliphatic rings. The van der Waals surface area contributed by atoms with E-state index in [1.54, 1.807) is 0 Å². The Labute approximate surface area is 103 Å². The lowest BCUT2D eigenvalue weighted by molar-refractivity contribution is 0.668. The number of rotatable bonds is 4. The van der Waals surface area contributed by atoms with Gasteiger partial charge in [0.1, 0.15) is 0 Å². The Morgan fingerprint density at radius 1 is 1.40 bits per heavy atom. The maximum atomic E-state index is 5.99. The van der Waals surface area contributed by atoms with Crippen molar-refractivity contribution < 1.29 is 0 Å². The van der Waals surface area contributed by atoms with E-state index in [0.29, 0.717) is 0 Å². The topological polar surface area (TPSA) is 53.8 Å². The number of para-hydroxylation sites is 1. The van der Waals surface area contributed by atoms with Crippen LogP contribution in [0.2, 0.25) is 0 Å². The summed E-state index contributed by atoms with van der Waals surface area (Å²) in [6.07, 6.45) is 2.96. The normalized spacial score (nSPS) is 13.2. The maximum Gasteiger partial charge on any atom is 0.0456 e. The molecule has 1 atom stereocenters. The molecule has 2 rings (SSSR count). The van der Waals surface area contributed by atoms with E-state index in [4.69, 9.17) is 5.73 Å². The first-order chi connectivity index (χ1) is 7.31. The van der Waals surface area contributed by atoms with Crippen LogP contribution in [0.15, 0.2) is 30.5 Å². The smallest absolute Gasteiger partial charge is 0.0456 e. The van der Waals surface area contributed by atoms with Crippen LogP contribution in [0.5, 0.6) is 0 Å². The average Bonchev–Trinajstić information content (AvgIpc) is 2.62. The van der Waals surface area contributed by atoms with E-state index in [9.17, 15) is 0 Å². The third-order valence-electron chi connectivity index (χ3n) is 2.50. The van der Waals surface area contributed by atoms with Gasteiger partial charge in [0.25, 0.3) is 0 Å². The number of halogens is 1. The summed E-state index contributed by atoms with van der Waals surface area (Å²) in [5, 5.41) is 1.28. The number of nitrogens with two attached hydrogens (primary N) is 1. The van der Waals surface area contributed by atoms with Crippen LogP contribution < -0.4 is 9.26 Å². The molecule has 3 nitrogen and oxygen atoms in total. The Morgan fingerprint density at radius 2 is 2.20 bits per heavy atom. The summed E-state index contributed by atoms with van der Waals surface area (Å²) >= 11 is 2.12. The number of nitrogens with one attached hydrogen (secondary N) is 2. The molecule has 15 heavy (non-hydrogen) atoms. The minimum atomic E-state index is 0.168. The molecule has 0 aliphatic carbocycles. The standard InChI is InChI=1S/C11H14IN3/c12-15-7-9(13)5-8-6-14-11-4-2-1-3-10(8)11/h1-4,6,9,14-15H,5,7,13H2. The second-order valence-electron chi connectivity index (χ2n) is 3.66. The van der Waals surface area contributed by atoms with Gasteiger partial charge in [-0.25, -0.2) is 0 Å². The lowest BCUT2D eigenvalue weighted by atomic mass is 10.1. The first-order valence-electron chi connectivity index (χ1n) is 4.95. The second-order valence-corrected chi connectivity index (χ2v) is 4.42. The van der Waals surface area contributed by atoms with Gasteiger partial charge in [-0.1, -0.05) is 18.2 Å². The summed E-state index contributed by atoms with van der Waals surface area (Å²) in [7, 11) is 0. The quantitative estimate of drug-likeness (QED) is 0.597. The molecule has 4 heteroatoms. The van der Waals surface area contributed by atoms with Crippen LogP contribution in [0.3, 0.4) is 0 Å². The molecular formula is C11H14IN3. The van der Waals surface area contributed by atoms with Gasteiger partial charge in [-0.15, -0.1) is 0 Å². The van der Waals surface area contributed by atoms with Gasteiger partial charge in [0.15, 0.2) is 0 Å². The summed E-state index contributed by atoms with van der Waals surface area (Å²) < 4.78 is 3.06. The summed E-state index contributed by atoms with van der Waals surface area (Å²) in [6.45, 7) is 0.833. The number of aromatic amines is 1. The van der Waals surface area contributed by atoms with Gasteiger partial charge in [-0.05, 0) is 18.1 Å². The molecule has 4 N–H and O–H groups in total. The van der Waals surface area contributed by atoms with Crippen molar-refractivity contribution in [1.29, 1.82) is 0 Å². The van der Waals surface area contributed by atoms with E-state index >= 15 is 0 Å². The Balaban J connectivity index is 2.21. The van der Waals surface area contributed by atoms with Gasteiger partial charge in [-0.3, -0.25) is 3.53 Å². The highest BCUT2D eigenvalue weighted by atomic mass is 127. The maximum absolute atomic E-state index is 5.99. The van der Waals surface area contributed by atoms with Crippen molar-refractivity contribution in [2.45, 2.75) is 12.5 Å². The number of aromatic nitrogens is 1. The van der Waals surface area contributed by atoms with Crippen LogP contribution in [-0.2, 0) is 6.42 Å². The molecule has 0 saturated heterocycles. The Bertz CT molecular complexity index is 438. The third kappa shape index (κ3) is 2.50. The molecule has 1 aromatic heterocycles. The van der Waals surface area contributed by atoms with Crippen molar-refractivity contribution in [2.75, 3.05) is 6.54 Å². The zero-order valence-electron chi connectivity index (χ0n) is 8.33. The number of H-pyrrole nitrogens is 1. The number of hydrogen-bond acceptors (Lipinski definition) is 2. The summed E-state index contributed by atoms with van der Waals surface area (Å²) in [4.78, 5) is 3.26. The van der Waals surface area contributed by atoms with Crippen LogP contribution in [0, 0.1) is 0 Å². The first-order valence-corrected chi connectivity index (χ1v) is 6.03. The van der Waals surface area contributed by atoms with Crippen molar-refractivity contribution in [3.8, 4) is 0 Å². The van der Waals surface area contributed by atoms with E-state index < -0.39 is 0 Å². The highest BCUT2D eigenvalue weighted by Gasteiger charge is 2.07. The van der Waals surface area contributed by atoms with Gasteiger partial charge < -0.3 is 10.7 Å². The average molecular weight is 315 g/mol. The molecular weight excluding hydrogens is 301 g/mol. The fourth-order valence-corrected chi connectivity index (χ4v) is 2.32. The summed E-state index contributed by atoms with van der Waals surface area (Å²) in [5.74, 6) is 0. The summed E-state index contributed by atoms with van der Waals surface area (Å²) in [6, 6.07) is 8.48. The largest absolute Gasteiger partial charge is 0.361 e. The van der Waals surface area contributed by atoms with Gasteiger partial charge in [0.2, 0.25) is 0 Å². The SMILES string of the molecule is NC(CNI)Cc1c[nH]c2ccccc12. The fraction of sp³-hybridized carbons (Fsp3) is 0.273. The van der Waals surface area contributed by atoms with Crippen LogP contribution in [0.4, 0.5) is 0 Å². The predicted molar refractivity (Wildman–Crippen MR) is 72.0 cm³/mol. The van der Waals surface area contributed by atoms with Crippen molar-refractivity contribution in [3.63, 3.8) is 0 Å². The van der Waals surface area contributed by atoms with Gasteiger partial charge in [0.05, 0.1) is 0 Å². The molecule has 0 bridgehead atoms. The predicted octanol–water partition coefficient (Wildman–Crippen LogP) is 1.98. The molecule has 0 fully saturated rings.